The number of nitrogens with zero attached hydrogens (tertiary/aromatic N) is 1. The van der Waals surface area contributed by atoms with E-state index in [2.05, 4.69) is 20.9 Å². The van der Waals surface area contributed by atoms with Gasteiger partial charge in [-0.25, -0.2) is 4.39 Å². The molecule has 4 heteroatoms. The van der Waals surface area contributed by atoms with Crippen molar-refractivity contribution in [3.8, 4) is 0 Å². The van der Waals surface area contributed by atoms with Crippen LogP contribution in [0.2, 0.25) is 0 Å². The molecule has 0 fully saturated rings. The van der Waals surface area contributed by atoms with E-state index < -0.39 is 0 Å². The SMILES string of the molecule is CCc1c(C)nc2c(C)cc(Br)c(F)c2c1N. The average molecular weight is 297 g/mol. The van der Waals surface area contributed by atoms with Crippen molar-refractivity contribution in [1.29, 1.82) is 0 Å². The second-order valence-electron chi connectivity index (χ2n) is 4.16. The standard InChI is InChI=1S/C13H14BrFN2/c1-4-8-7(3)17-13-6(2)5-9(14)11(15)10(13)12(8)16/h5H,4H2,1-3H3,(H2,16,17). The van der Waals surface area contributed by atoms with E-state index in [0.717, 1.165) is 23.2 Å². The smallest absolute Gasteiger partial charge is 0.148 e. The highest BCUT2D eigenvalue weighted by Crippen LogP contribution is 2.33. The molecule has 0 unspecified atom stereocenters. The second-order valence-corrected chi connectivity index (χ2v) is 5.01. The highest BCUT2D eigenvalue weighted by atomic mass is 79.9. The molecule has 1 aromatic carbocycles. The maximum absolute atomic E-state index is 14.1. The van der Waals surface area contributed by atoms with Crippen LogP contribution >= 0.6 is 15.9 Å². The van der Waals surface area contributed by atoms with Crippen molar-refractivity contribution in [2.24, 2.45) is 0 Å². The summed E-state index contributed by atoms with van der Waals surface area (Å²) in [4.78, 5) is 4.47. The summed E-state index contributed by atoms with van der Waals surface area (Å²) >= 11 is 3.21. The van der Waals surface area contributed by atoms with Gasteiger partial charge in [0, 0.05) is 11.4 Å². The Bertz CT molecular complexity index is 608. The lowest BCUT2D eigenvalue weighted by atomic mass is 10.0. The quantitative estimate of drug-likeness (QED) is 0.867. The van der Waals surface area contributed by atoms with Crippen LogP contribution in [0.3, 0.4) is 0 Å². The predicted molar refractivity (Wildman–Crippen MR) is 72.7 cm³/mol. The Labute approximate surface area is 108 Å². The number of aromatic nitrogens is 1. The summed E-state index contributed by atoms with van der Waals surface area (Å²) in [6, 6.07) is 1.73. The van der Waals surface area contributed by atoms with Crippen molar-refractivity contribution >= 4 is 32.5 Å². The maximum Gasteiger partial charge on any atom is 0.148 e. The zero-order chi connectivity index (χ0) is 12.7. The van der Waals surface area contributed by atoms with Crippen molar-refractivity contribution in [2.45, 2.75) is 27.2 Å². The van der Waals surface area contributed by atoms with E-state index in [1.807, 2.05) is 20.8 Å². The Morgan fingerprint density at radius 2 is 2.06 bits per heavy atom. The number of rotatable bonds is 1. The Kier molecular flexibility index (Phi) is 3.08. The second kappa shape index (κ2) is 4.26. The van der Waals surface area contributed by atoms with E-state index in [1.165, 1.54) is 0 Å². The van der Waals surface area contributed by atoms with Gasteiger partial charge < -0.3 is 5.73 Å². The third kappa shape index (κ3) is 1.80. The molecule has 17 heavy (non-hydrogen) atoms. The highest BCUT2D eigenvalue weighted by molar-refractivity contribution is 9.10. The van der Waals surface area contributed by atoms with E-state index in [1.54, 1.807) is 6.07 Å². The number of aryl methyl sites for hydroxylation is 2. The first-order valence-corrected chi connectivity index (χ1v) is 6.29. The van der Waals surface area contributed by atoms with Crippen LogP contribution in [0.4, 0.5) is 10.1 Å². The molecule has 0 aliphatic rings. The summed E-state index contributed by atoms with van der Waals surface area (Å²) in [5.74, 6) is -0.328. The summed E-state index contributed by atoms with van der Waals surface area (Å²) in [5.41, 5.74) is 9.95. The van der Waals surface area contributed by atoms with Gasteiger partial charge in [-0.05, 0) is 53.4 Å². The van der Waals surface area contributed by atoms with Gasteiger partial charge in [0.05, 0.1) is 15.4 Å². The predicted octanol–water partition coefficient (Wildman–Crippen LogP) is 3.90. The van der Waals surface area contributed by atoms with Crippen LogP contribution in [-0.4, -0.2) is 4.98 Å². The first-order chi connectivity index (χ1) is 7.97. The molecule has 0 aliphatic carbocycles. The number of nitrogens with two attached hydrogens (primary N) is 1. The normalized spacial score (nSPS) is 11.1. The Balaban J connectivity index is 3.02. The van der Waals surface area contributed by atoms with Gasteiger partial charge in [-0.2, -0.15) is 0 Å². The number of hydrogen-bond donors (Lipinski definition) is 1. The van der Waals surface area contributed by atoms with Crippen LogP contribution < -0.4 is 5.73 Å². The molecule has 2 aromatic rings. The van der Waals surface area contributed by atoms with Gasteiger partial charge in [-0.1, -0.05) is 6.92 Å². The molecule has 1 heterocycles. The first-order valence-electron chi connectivity index (χ1n) is 5.50. The molecule has 0 aliphatic heterocycles. The van der Waals surface area contributed by atoms with Crippen LogP contribution in [0.15, 0.2) is 10.5 Å². The van der Waals surface area contributed by atoms with Gasteiger partial charge in [-0.3, -0.25) is 4.98 Å². The summed E-state index contributed by atoms with van der Waals surface area (Å²) in [7, 11) is 0. The van der Waals surface area contributed by atoms with Gasteiger partial charge in [0.1, 0.15) is 5.82 Å². The monoisotopic (exact) mass is 296 g/mol. The Morgan fingerprint density at radius 1 is 1.41 bits per heavy atom. The fourth-order valence-corrected chi connectivity index (χ4v) is 2.70. The van der Waals surface area contributed by atoms with Gasteiger partial charge in [0.2, 0.25) is 0 Å². The summed E-state index contributed by atoms with van der Waals surface area (Å²) in [6.07, 6.45) is 0.756. The number of pyridine rings is 1. The molecule has 2 nitrogen and oxygen atoms in total. The number of fused-ring (bicyclic) bond motifs is 1. The zero-order valence-corrected chi connectivity index (χ0v) is 11.7. The highest BCUT2D eigenvalue weighted by Gasteiger charge is 2.16. The summed E-state index contributed by atoms with van der Waals surface area (Å²) in [6.45, 7) is 5.81. The van der Waals surface area contributed by atoms with Crippen LogP contribution in [0.25, 0.3) is 10.9 Å². The number of hydrogen-bond acceptors (Lipinski definition) is 2. The van der Waals surface area contributed by atoms with Crippen LogP contribution in [0.1, 0.15) is 23.7 Å². The van der Waals surface area contributed by atoms with E-state index >= 15 is 0 Å². The van der Waals surface area contributed by atoms with Crippen LogP contribution in [0.5, 0.6) is 0 Å². The van der Waals surface area contributed by atoms with E-state index in [-0.39, 0.29) is 5.82 Å². The lowest BCUT2D eigenvalue weighted by molar-refractivity contribution is 0.633. The fourth-order valence-electron chi connectivity index (χ4n) is 2.16. The molecule has 0 atom stereocenters. The molecule has 0 saturated heterocycles. The average Bonchev–Trinajstić information content (AvgIpc) is 2.26. The lowest BCUT2D eigenvalue weighted by Crippen LogP contribution is -2.03. The molecular weight excluding hydrogens is 283 g/mol. The first kappa shape index (κ1) is 12.3. The molecule has 0 amide bonds. The number of nitrogen functional groups attached to an aromatic ring is 1. The van der Waals surface area contributed by atoms with E-state index in [0.29, 0.717) is 21.1 Å². The molecule has 0 saturated carbocycles. The fraction of sp³-hybridized carbons (Fsp3) is 0.308. The Morgan fingerprint density at radius 3 is 2.65 bits per heavy atom. The van der Waals surface area contributed by atoms with E-state index in [9.17, 15) is 4.39 Å². The van der Waals surface area contributed by atoms with Crippen LogP contribution in [0, 0.1) is 19.7 Å². The third-order valence-electron chi connectivity index (χ3n) is 3.05. The minimum Gasteiger partial charge on any atom is -0.398 e. The van der Waals surface area contributed by atoms with E-state index in [4.69, 9.17) is 5.73 Å². The molecular formula is C13H14BrFN2. The maximum atomic E-state index is 14.1. The lowest BCUT2D eigenvalue weighted by Gasteiger charge is -2.13. The van der Waals surface area contributed by atoms with Crippen molar-refractivity contribution in [1.82, 2.24) is 4.98 Å². The molecule has 0 spiro atoms. The van der Waals surface area contributed by atoms with Crippen molar-refractivity contribution < 1.29 is 4.39 Å². The Hall–Kier alpha value is -1.16. The molecule has 2 N–H and O–H groups in total. The molecule has 2 rings (SSSR count). The van der Waals surface area contributed by atoms with Crippen molar-refractivity contribution in [2.75, 3.05) is 5.73 Å². The van der Waals surface area contributed by atoms with Crippen LogP contribution in [-0.2, 0) is 6.42 Å². The number of benzene rings is 1. The molecule has 0 bridgehead atoms. The summed E-state index contributed by atoms with van der Waals surface area (Å²) < 4.78 is 14.6. The zero-order valence-electron chi connectivity index (χ0n) is 10.1. The van der Waals surface area contributed by atoms with Gasteiger partial charge in [0.25, 0.3) is 0 Å². The molecule has 90 valence electrons. The number of anilines is 1. The molecule has 1 aromatic heterocycles. The van der Waals surface area contributed by atoms with Gasteiger partial charge in [0.15, 0.2) is 0 Å². The summed E-state index contributed by atoms with van der Waals surface area (Å²) in [5, 5.41) is 0.430. The van der Waals surface area contributed by atoms with Crippen molar-refractivity contribution in [3.63, 3.8) is 0 Å². The third-order valence-corrected chi connectivity index (χ3v) is 3.62. The van der Waals surface area contributed by atoms with Crippen molar-refractivity contribution in [3.05, 3.63) is 33.2 Å². The molecule has 0 radical (unpaired) electrons. The minimum atomic E-state index is -0.328. The van der Waals surface area contributed by atoms with Gasteiger partial charge >= 0.3 is 0 Å². The number of halogens is 2. The van der Waals surface area contributed by atoms with Gasteiger partial charge in [-0.15, -0.1) is 0 Å². The topological polar surface area (TPSA) is 38.9 Å². The minimum absolute atomic E-state index is 0.328. The largest absolute Gasteiger partial charge is 0.398 e.